The monoisotopic (exact) mass is 337 g/mol. The molecule has 0 aliphatic carbocycles. The number of benzene rings is 2. The van der Waals surface area contributed by atoms with E-state index in [0.717, 1.165) is 0 Å². The number of hydrogen-bond donors (Lipinski definition) is 3. The standard InChI is InChI=1S/C19H19N3O3/c1-3-11-20-18(24)14-5-4-6-15(12-14)19(25)22-17-9-7-16(8-10-17)21-13(2)23/h3-10,12H,1,11H2,2H3,(H,20,24)(H,21,23)(H,22,25). The zero-order valence-corrected chi connectivity index (χ0v) is 13.8. The number of hydrogen-bond acceptors (Lipinski definition) is 3. The molecule has 6 heteroatoms. The van der Waals surface area contributed by atoms with Crippen LogP contribution < -0.4 is 16.0 Å². The minimum absolute atomic E-state index is 0.164. The normalized spacial score (nSPS) is 9.80. The predicted octanol–water partition coefficient (Wildman–Crippen LogP) is 2.81. The second kappa shape index (κ2) is 8.44. The fourth-order valence-corrected chi connectivity index (χ4v) is 2.11. The van der Waals surface area contributed by atoms with Crippen molar-refractivity contribution in [3.63, 3.8) is 0 Å². The van der Waals surface area contributed by atoms with Gasteiger partial charge in [0.1, 0.15) is 0 Å². The summed E-state index contributed by atoms with van der Waals surface area (Å²) in [6.45, 7) is 5.32. The third-order valence-electron chi connectivity index (χ3n) is 3.26. The van der Waals surface area contributed by atoms with Gasteiger partial charge in [0.05, 0.1) is 0 Å². The Bertz CT molecular complexity index is 798. The zero-order chi connectivity index (χ0) is 18.2. The summed E-state index contributed by atoms with van der Waals surface area (Å²) >= 11 is 0. The van der Waals surface area contributed by atoms with Crippen LogP contribution in [0.3, 0.4) is 0 Å². The molecule has 0 fully saturated rings. The Morgan fingerprint density at radius 1 is 0.920 bits per heavy atom. The molecular weight excluding hydrogens is 318 g/mol. The highest BCUT2D eigenvalue weighted by Gasteiger charge is 2.10. The van der Waals surface area contributed by atoms with Gasteiger partial charge in [0.25, 0.3) is 11.8 Å². The third kappa shape index (κ3) is 5.31. The molecule has 2 aromatic carbocycles. The van der Waals surface area contributed by atoms with Crippen molar-refractivity contribution in [3.05, 3.63) is 72.3 Å². The predicted molar refractivity (Wildman–Crippen MR) is 97.7 cm³/mol. The molecule has 6 nitrogen and oxygen atoms in total. The lowest BCUT2D eigenvalue weighted by molar-refractivity contribution is -0.114. The Balaban J connectivity index is 2.06. The molecule has 25 heavy (non-hydrogen) atoms. The fraction of sp³-hybridized carbons (Fsp3) is 0.105. The molecule has 3 N–H and O–H groups in total. The zero-order valence-electron chi connectivity index (χ0n) is 13.8. The Hall–Kier alpha value is -3.41. The molecule has 0 aliphatic heterocycles. The van der Waals surface area contributed by atoms with Crippen LogP contribution >= 0.6 is 0 Å². The highest BCUT2D eigenvalue weighted by molar-refractivity contribution is 6.06. The molecule has 128 valence electrons. The topological polar surface area (TPSA) is 87.3 Å². The number of rotatable bonds is 6. The summed E-state index contributed by atoms with van der Waals surface area (Å²) in [4.78, 5) is 35.3. The maximum absolute atomic E-state index is 12.3. The Morgan fingerprint density at radius 3 is 2.04 bits per heavy atom. The van der Waals surface area contributed by atoms with E-state index in [2.05, 4.69) is 22.5 Å². The van der Waals surface area contributed by atoms with E-state index < -0.39 is 0 Å². The third-order valence-corrected chi connectivity index (χ3v) is 3.26. The van der Waals surface area contributed by atoms with E-state index in [-0.39, 0.29) is 17.7 Å². The first-order valence-corrected chi connectivity index (χ1v) is 7.68. The number of carbonyl (C=O) groups excluding carboxylic acids is 3. The average molecular weight is 337 g/mol. The van der Waals surface area contributed by atoms with E-state index in [1.54, 1.807) is 48.5 Å². The summed E-state index contributed by atoms with van der Waals surface area (Å²) in [5.41, 5.74) is 2.00. The number of nitrogens with one attached hydrogen (secondary N) is 3. The molecule has 0 atom stereocenters. The molecule has 0 aliphatic rings. The van der Waals surface area contributed by atoms with Gasteiger partial charge in [-0.25, -0.2) is 0 Å². The van der Waals surface area contributed by atoms with Crippen molar-refractivity contribution in [2.24, 2.45) is 0 Å². The van der Waals surface area contributed by atoms with Crippen molar-refractivity contribution < 1.29 is 14.4 Å². The molecule has 2 aromatic rings. The van der Waals surface area contributed by atoms with Gasteiger partial charge in [-0.3, -0.25) is 14.4 Å². The van der Waals surface area contributed by atoms with Crippen molar-refractivity contribution in [2.75, 3.05) is 17.2 Å². The van der Waals surface area contributed by atoms with Crippen LogP contribution in [0.15, 0.2) is 61.2 Å². The first-order chi connectivity index (χ1) is 12.0. The highest BCUT2D eigenvalue weighted by atomic mass is 16.2. The summed E-state index contributed by atoms with van der Waals surface area (Å²) in [5, 5.41) is 8.06. The van der Waals surface area contributed by atoms with Crippen LogP contribution in [0.25, 0.3) is 0 Å². The van der Waals surface area contributed by atoms with Crippen LogP contribution in [-0.2, 0) is 4.79 Å². The van der Waals surface area contributed by atoms with E-state index >= 15 is 0 Å². The van der Waals surface area contributed by atoms with Crippen molar-refractivity contribution >= 4 is 29.1 Å². The van der Waals surface area contributed by atoms with Crippen LogP contribution in [0.1, 0.15) is 27.6 Å². The van der Waals surface area contributed by atoms with E-state index in [0.29, 0.717) is 29.0 Å². The fourth-order valence-electron chi connectivity index (χ4n) is 2.11. The molecule has 0 saturated heterocycles. The second-order valence-corrected chi connectivity index (χ2v) is 5.29. The maximum Gasteiger partial charge on any atom is 0.255 e. The molecule has 0 aromatic heterocycles. The molecule has 0 radical (unpaired) electrons. The SMILES string of the molecule is C=CCNC(=O)c1cccc(C(=O)Nc2ccc(NC(C)=O)cc2)c1. The van der Waals surface area contributed by atoms with Gasteiger partial charge >= 0.3 is 0 Å². The van der Waals surface area contributed by atoms with Crippen LogP contribution in [0, 0.1) is 0 Å². The van der Waals surface area contributed by atoms with Crippen molar-refractivity contribution in [2.45, 2.75) is 6.92 Å². The maximum atomic E-state index is 12.3. The Labute approximate surface area is 145 Å². The van der Waals surface area contributed by atoms with E-state index in [4.69, 9.17) is 0 Å². The summed E-state index contributed by atoms with van der Waals surface area (Å²) < 4.78 is 0. The van der Waals surface area contributed by atoms with Gasteiger partial charge < -0.3 is 16.0 Å². The molecular formula is C19H19N3O3. The van der Waals surface area contributed by atoms with E-state index in [1.807, 2.05) is 0 Å². The van der Waals surface area contributed by atoms with Gasteiger partial charge in [-0.2, -0.15) is 0 Å². The number of anilines is 2. The van der Waals surface area contributed by atoms with Crippen molar-refractivity contribution in [1.29, 1.82) is 0 Å². The van der Waals surface area contributed by atoms with Crippen LogP contribution in [0.5, 0.6) is 0 Å². The average Bonchev–Trinajstić information content (AvgIpc) is 2.61. The van der Waals surface area contributed by atoms with Crippen molar-refractivity contribution in [1.82, 2.24) is 5.32 Å². The van der Waals surface area contributed by atoms with Gasteiger partial charge in [-0.05, 0) is 42.5 Å². The molecule has 0 spiro atoms. The largest absolute Gasteiger partial charge is 0.349 e. The molecule has 0 saturated carbocycles. The summed E-state index contributed by atoms with van der Waals surface area (Å²) in [5.74, 6) is -0.761. The van der Waals surface area contributed by atoms with E-state index in [9.17, 15) is 14.4 Å². The summed E-state index contributed by atoms with van der Waals surface area (Å²) in [7, 11) is 0. The molecule has 2 rings (SSSR count). The van der Waals surface area contributed by atoms with E-state index in [1.165, 1.54) is 13.0 Å². The second-order valence-electron chi connectivity index (χ2n) is 5.29. The highest BCUT2D eigenvalue weighted by Crippen LogP contribution is 2.15. The first-order valence-electron chi connectivity index (χ1n) is 7.68. The summed E-state index contributed by atoms with van der Waals surface area (Å²) in [6.07, 6.45) is 1.58. The number of carbonyl (C=O) groups is 3. The molecule has 3 amide bonds. The lowest BCUT2D eigenvalue weighted by atomic mass is 10.1. The first kappa shape index (κ1) is 17.9. The van der Waals surface area contributed by atoms with Crippen LogP contribution in [0.2, 0.25) is 0 Å². The number of amides is 3. The minimum atomic E-state index is -0.328. The van der Waals surface area contributed by atoms with Crippen LogP contribution in [-0.4, -0.2) is 24.3 Å². The lowest BCUT2D eigenvalue weighted by Crippen LogP contribution is -2.23. The van der Waals surface area contributed by atoms with Gasteiger partial charge in [0.2, 0.25) is 5.91 Å². The van der Waals surface area contributed by atoms with Crippen LogP contribution in [0.4, 0.5) is 11.4 Å². The van der Waals surface area contributed by atoms with Gasteiger partial charge in [-0.15, -0.1) is 6.58 Å². The molecule has 0 bridgehead atoms. The lowest BCUT2D eigenvalue weighted by Gasteiger charge is -2.08. The van der Waals surface area contributed by atoms with Gasteiger partial charge in [-0.1, -0.05) is 12.1 Å². The quantitative estimate of drug-likeness (QED) is 0.708. The Morgan fingerprint density at radius 2 is 1.48 bits per heavy atom. The van der Waals surface area contributed by atoms with Gasteiger partial charge in [0.15, 0.2) is 0 Å². The van der Waals surface area contributed by atoms with Gasteiger partial charge in [0, 0.05) is 36.0 Å². The Kier molecular flexibility index (Phi) is 6.06. The molecule has 0 heterocycles. The smallest absolute Gasteiger partial charge is 0.255 e. The molecule has 0 unspecified atom stereocenters. The van der Waals surface area contributed by atoms with Crippen molar-refractivity contribution in [3.8, 4) is 0 Å². The minimum Gasteiger partial charge on any atom is -0.349 e. The summed E-state index contributed by atoms with van der Waals surface area (Å²) in [6, 6.07) is 13.2.